The number of esters is 1. The van der Waals surface area contributed by atoms with Gasteiger partial charge < -0.3 is 4.74 Å². The number of carbonyl (C=O) groups is 1. The summed E-state index contributed by atoms with van der Waals surface area (Å²) in [5, 5.41) is 0. The van der Waals surface area contributed by atoms with Gasteiger partial charge in [-0.2, -0.15) is 0 Å². The molecular weight excluding hydrogens is 224 g/mol. The molecule has 0 aliphatic heterocycles. The van der Waals surface area contributed by atoms with Gasteiger partial charge in [0, 0.05) is 6.42 Å². The second-order valence-corrected chi connectivity index (χ2v) is 5.39. The number of unbranched alkanes of at least 4 members (excludes halogenated alkanes) is 1. The lowest BCUT2D eigenvalue weighted by Gasteiger charge is -2.27. The van der Waals surface area contributed by atoms with E-state index in [2.05, 4.69) is 19.1 Å². The topological polar surface area (TPSA) is 26.3 Å². The molecule has 1 fully saturated rings. The minimum atomic E-state index is -0.0104. The molecule has 1 rings (SSSR count). The summed E-state index contributed by atoms with van der Waals surface area (Å²) >= 11 is 0. The quantitative estimate of drug-likeness (QED) is 0.493. The molecule has 0 heterocycles. The van der Waals surface area contributed by atoms with Crippen LogP contribution in [0.15, 0.2) is 12.2 Å². The van der Waals surface area contributed by atoms with E-state index < -0.39 is 0 Å². The van der Waals surface area contributed by atoms with Crippen LogP contribution in [0.1, 0.15) is 65.2 Å². The van der Waals surface area contributed by atoms with Crippen LogP contribution in [0, 0.1) is 11.8 Å². The molecule has 1 aliphatic rings. The van der Waals surface area contributed by atoms with Gasteiger partial charge in [-0.1, -0.05) is 25.5 Å². The van der Waals surface area contributed by atoms with Gasteiger partial charge >= 0.3 is 5.97 Å². The van der Waals surface area contributed by atoms with Crippen LogP contribution in [-0.2, 0) is 9.53 Å². The monoisotopic (exact) mass is 252 g/mol. The number of ether oxygens (including phenoxy) is 1. The summed E-state index contributed by atoms with van der Waals surface area (Å²) in [6.45, 7) is 4.60. The molecule has 0 radical (unpaired) electrons. The summed E-state index contributed by atoms with van der Waals surface area (Å²) < 4.78 is 5.01. The van der Waals surface area contributed by atoms with Crippen molar-refractivity contribution in [1.29, 1.82) is 0 Å². The lowest BCUT2D eigenvalue weighted by atomic mass is 9.79. The zero-order valence-corrected chi connectivity index (χ0v) is 12.0. The van der Waals surface area contributed by atoms with E-state index >= 15 is 0 Å². The van der Waals surface area contributed by atoms with Crippen LogP contribution in [0.4, 0.5) is 0 Å². The molecule has 0 aromatic rings. The van der Waals surface area contributed by atoms with E-state index in [0.29, 0.717) is 18.9 Å². The molecule has 0 aromatic heterocycles. The van der Waals surface area contributed by atoms with Crippen molar-refractivity contribution in [2.75, 3.05) is 6.61 Å². The third-order valence-electron chi connectivity index (χ3n) is 3.82. The van der Waals surface area contributed by atoms with Gasteiger partial charge in [0.25, 0.3) is 0 Å². The smallest absolute Gasteiger partial charge is 0.306 e. The molecule has 1 saturated carbocycles. The van der Waals surface area contributed by atoms with Crippen LogP contribution in [0.25, 0.3) is 0 Å². The van der Waals surface area contributed by atoms with Crippen molar-refractivity contribution >= 4 is 5.97 Å². The van der Waals surface area contributed by atoms with E-state index in [1.54, 1.807) is 0 Å². The molecule has 0 amide bonds. The fourth-order valence-corrected chi connectivity index (χ4v) is 2.70. The van der Waals surface area contributed by atoms with Gasteiger partial charge in [-0.05, 0) is 57.3 Å². The van der Waals surface area contributed by atoms with E-state index in [4.69, 9.17) is 4.74 Å². The summed E-state index contributed by atoms with van der Waals surface area (Å²) in [6.07, 6.45) is 13.9. The first kappa shape index (κ1) is 15.3. The number of allylic oxidation sites excluding steroid dienone is 2. The van der Waals surface area contributed by atoms with Crippen molar-refractivity contribution in [1.82, 2.24) is 0 Å². The van der Waals surface area contributed by atoms with Crippen molar-refractivity contribution < 1.29 is 9.53 Å². The third kappa shape index (κ3) is 6.23. The minimum Gasteiger partial charge on any atom is -0.466 e. The molecule has 2 nitrogen and oxygen atoms in total. The van der Waals surface area contributed by atoms with E-state index in [1.807, 2.05) is 6.92 Å². The maximum Gasteiger partial charge on any atom is 0.306 e. The van der Waals surface area contributed by atoms with Crippen molar-refractivity contribution in [2.45, 2.75) is 65.2 Å². The molecule has 0 spiro atoms. The maximum absolute atomic E-state index is 11.4. The number of carbonyl (C=O) groups excluding carboxylic acids is 1. The summed E-state index contributed by atoms with van der Waals surface area (Å²) in [4.78, 5) is 11.4. The van der Waals surface area contributed by atoms with Gasteiger partial charge in [-0.15, -0.1) is 0 Å². The molecule has 0 N–H and O–H groups in total. The molecule has 0 atom stereocenters. The molecule has 104 valence electrons. The number of hydrogen-bond donors (Lipinski definition) is 0. The fourth-order valence-electron chi connectivity index (χ4n) is 2.70. The average Bonchev–Trinajstić information content (AvgIpc) is 2.37. The zero-order valence-electron chi connectivity index (χ0n) is 12.0. The van der Waals surface area contributed by atoms with E-state index in [0.717, 1.165) is 5.92 Å². The van der Waals surface area contributed by atoms with Gasteiger partial charge in [0.2, 0.25) is 0 Å². The fraction of sp³-hybridized carbons (Fsp3) is 0.812. The summed E-state index contributed by atoms with van der Waals surface area (Å²) in [6, 6.07) is 0. The highest BCUT2D eigenvalue weighted by Crippen LogP contribution is 2.32. The van der Waals surface area contributed by atoms with Crippen LogP contribution in [0.5, 0.6) is 0 Å². The van der Waals surface area contributed by atoms with Crippen molar-refractivity contribution in [2.24, 2.45) is 11.8 Å². The normalized spacial score (nSPS) is 24.3. The van der Waals surface area contributed by atoms with Crippen molar-refractivity contribution in [3.05, 3.63) is 12.2 Å². The Morgan fingerprint density at radius 1 is 1.11 bits per heavy atom. The van der Waals surface area contributed by atoms with Gasteiger partial charge in [0.15, 0.2) is 0 Å². The summed E-state index contributed by atoms with van der Waals surface area (Å²) in [5.41, 5.74) is 0. The molecule has 0 aromatic carbocycles. The van der Waals surface area contributed by atoms with Crippen LogP contribution >= 0.6 is 0 Å². The standard InChI is InChI=1S/C16H28O2/c1-3-5-6-7-8-14-9-11-15(12-10-14)13-16(17)18-4-2/h6-7,14-15H,3-5,8-13H2,1-2H3/b7-6-. The molecule has 0 bridgehead atoms. The first-order chi connectivity index (χ1) is 8.76. The SMILES string of the molecule is CCC/C=C\CC1CCC(CC(=O)OCC)CC1. The van der Waals surface area contributed by atoms with Gasteiger partial charge in [-0.25, -0.2) is 0 Å². The number of rotatable bonds is 7. The Morgan fingerprint density at radius 2 is 1.78 bits per heavy atom. The Labute approximate surface area is 112 Å². The molecule has 0 saturated heterocycles. The lowest BCUT2D eigenvalue weighted by molar-refractivity contribution is -0.144. The predicted molar refractivity (Wildman–Crippen MR) is 75.4 cm³/mol. The van der Waals surface area contributed by atoms with E-state index in [9.17, 15) is 4.79 Å². The molecular formula is C16H28O2. The Bertz CT molecular complexity index is 250. The molecule has 18 heavy (non-hydrogen) atoms. The molecule has 1 aliphatic carbocycles. The van der Waals surface area contributed by atoms with Gasteiger partial charge in [0.05, 0.1) is 6.61 Å². The van der Waals surface area contributed by atoms with Crippen molar-refractivity contribution in [3.8, 4) is 0 Å². The van der Waals surface area contributed by atoms with Crippen LogP contribution in [-0.4, -0.2) is 12.6 Å². The second-order valence-electron chi connectivity index (χ2n) is 5.39. The van der Waals surface area contributed by atoms with Crippen LogP contribution in [0.3, 0.4) is 0 Å². The van der Waals surface area contributed by atoms with Gasteiger partial charge in [-0.3, -0.25) is 4.79 Å². The Balaban J connectivity index is 2.14. The summed E-state index contributed by atoms with van der Waals surface area (Å²) in [5.74, 6) is 1.40. The highest BCUT2D eigenvalue weighted by Gasteiger charge is 2.22. The van der Waals surface area contributed by atoms with E-state index in [-0.39, 0.29) is 5.97 Å². The maximum atomic E-state index is 11.4. The Hall–Kier alpha value is -0.790. The van der Waals surface area contributed by atoms with Crippen molar-refractivity contribution in [3.63, 3.8) is 0 Å². The summed E-state index contributed by atoms with van der Waals surface area (Å²) in [7, 11) is 0. The largest absolute Gasteiger partial charge is 0.466 e. The minimum absolute atomic E-state index is 0.0104. The first-order valence-corrected chi connectivity index (χ1v) is 7.56. The Morgan fingerprint density at radius 3 is 2.39 bits per heavy atom. The highest BCUT2D eigenvalue weighted by atomic mass is 16.5. The molecule has 2 heteroatoms. The van der Waals surface area contributed by atoms with Crippen LogP contribution < -0.4 is 0 Å². The van der Waals surface area contributed by atoms with Gasteiger partial charge in [0.1, 0.15) is 0 Å². The average molecular weight is 252 g/mol. The Kier molecular flexibility index (Phi) is 7.79. The van der Waals surface area contributed by atoms with E-state index in [1.165, 1.54) is 44.9 Å². The number of hydrogen-bond acceptors (Lipinski definition) is 2. The second kappa shape index (κ2) is 9.18. The lowest BCUT2D eigenvalue weighted by Crippen LogP contribution is -2.18. The highest BCUT2D eigenvalue weighted by molar-refractivity contribution is 5.69. The third-order valence-corrected chi connectivity index (χ3v) is 3.82. The van der Waals surface area contributed by atoms with Crippen LogP contribution in [0.2, 0.25) is 0 Å². The molecule has 0 unspecified atom stereocenters. The zero-order chi connectivity index (χ0) is 13.2. The first-order valence-electron chi connectivity index (χ1n) is 7.56. The predicted octanol–water partition coefficient (Wildman–Crippen LogP) is 4.49.